The van der Waals surface area contributed by atoms with Crippen molar-refractivity contribution in [1.29, 1.82) is 0 Å². The molecule has 1 aromatic heterocycles. The molecule has 0 saturated carbocycles. The maximum absolute atomic E-state index is 15.2. The summed E-state index contributed by atoms with van der Waals surface area (Å²) in [4.78, 5) is 91.6. The normalized spacial score (nSPS) is 15.6. The van der Waals surface area contributed by atoms with Gasteiger partial charge in [-0.3, -0.25) is 14.6 Å². The van der Waals surface area contributed by atoms with Crippen LogP contribution < -0.4 is 21.3 Å². The predicted molar refractivity (Wildman–Crippen MR) is 272 cm³/mol. The summed E-state index contributed by atoms with van der Waals surface area (Å²) in [5.41, 5.74) is 1.84. The zero-order valence-electron chi connectivity index (χ0n) is 43.1. The van der Waals surface area contributed by atoms with Gasteiger partial charge in [-0.2, -0.15) is 0 Å². The van der Waals surface area contributed by atoms with Crippen LogP contribution in [0.2, 0.25) is 0 Å². The number of alkyl carbamates (subject to hydrolysis) is 2. The Morgan fingerprint density at radius 3 is 1.83 bits per heavy atom. The van der Waals surface area contributed by atoms with Crippen molar-refractivity contribution in [1.82, 2.24) is 36.1 Å². The van der Waals surface area contributed by atoms with Gasteiger partial charge in [-0.1, -0.05) is 133 Å². The van der Waals surface area contributed by atoms with Crippen LogP contribution in [0.25, 0.3) is 11.3 Å². The van der Waals surface area contributed by atoms with Crippen LogP contribution in [-0.4, -0.2) is 113 Å². The second-order valence-corrected chi connectivity index (χ2v) is 21.3. The molecule has 71 heavy (non-hydrogen) atoms. The molecule has 0 aliphatic carbocycles. The average molecular weight is 976 g/mol. The molecule has 3 aromatic carbocycles. The molecule has 1 fully saturated rings. The fraction of sp³-hybridized carbons (Fsp3) is 0.473. The number of nitrogens with one attached hydrogen (secondary N) is 4. The lowest BCUT2D eigenvalue weighted by Gasteiger charge is -2.39. The Morgan fingerprint density at radius 2 is 1.27 bits per heavy atom. The number of rotatable bonds is 19. The molecule has 6 amide bonds. The van der Waals surface area contributed by atoms with Crippen molar-refractivity contribution in [2.24, 2.45) is 10.8 Å². The molecule has 1 aliphatic rings. The standard InChI is InChI=1S/C55H73N7O9/c1-36(57-51(67)71-55(8,9)10)49(65)70-44(34-41(58-47(63)45(53(2,3)4)60-50(66)69-11)32-38-25-27-40(28-26-38)42-24-18-19-29-56-42)43(33-37-20-14-12-15-21-37)59-48(64)46(54(5,6)7)62-31-30-61(52(62)68)35-39-22-16-13-17-23-39/h12-29,36,41,43-46H,30-35H2,1-11H3,(H,57,67)(H,58,63)(H,59,64)(H,60,66)/t36?,41-,43-,44-,45+,46+/m0/s1. The van der Waals surface area contributed by atoms with Gasteiger partial charge in [0.2, 0.25) is 11.8 Å². The lowest BCUT2D eigenvalue weighted by molar-refractivity contribution is -0.154. The smallest absolute Gasteiger partial charge is 0.408 e. The third-order valence-corrected chi connectivity index (χ3v) is 12.0. The molecule has 1 saturated heterocycles. The highest BCUT2D eigenvalue weighted by molar-refractivity contribution is 5.89. The lowest BCUT2D eigenvalue weighted by atomic mass is 9.84. The average Bonchev–Trinajstić information content (AvgIpc) is 3.64. The third-order valence-electron chi connectivity index (χ3n) is 12.0. The largest absolute Gasteiger partial charge is 0.459 e. The van der Waals surface area contributed by atoms with Crippen molar-refractivity contribution in [3.8, 4) is 11.3 Å². The minimum Gasteiger partial charge on any atom is -0.459 e. The molecule has 0 spiro atoms. The van der Waals surface area contributed by atoms with Crippen LogP contribution >= 0.6 is 0 Å². The van der Waals surface area contributed by atoms with Crippen LogP contribution in [0.4, 0.5) is 14.4 Å². The van der Waals surface area contributed by atoms with Gasteiger partial charge in [0.1, 0.15) is 29.8 Å². The predicted octanol–water partition coefficient (Wildman–Crippen LogP) is 7.84. The highest BCUT2D eigenvalue weighted by Crippen LogP contribution is 2.30. The quantitative estimate of drug-likeness (QED) is 0.0531. The van der Waals surface area contributed by atoms with Gasteiger partial charge in [-0.25, -0.2) is 19.2 Å². The number of urea groups is 1. The summed E-state index contributed by atoms with van der Waals surface area (Å²) in [6.45, 7) is 18.8. The van der Waals surface area contributed by atoms with Crippen LogP contribution in [0, 0.1) is 10.8 Å². The molecule has 0 radical (unpaired) electrons. The van der Waals surface area contributed by atoms with E-state index in [2.05, 4.69) is 26.3 Å². The van der Waals surface area contributed by atoms with E-state index in [0.717, 1.165) is 27.9 Å². The van der Waals surface area contributed by atoms with Crippen molar-refractivity contribution in [3.05, 3.63) is 126 Å². The zero-order chi connectivity index (χ0) is 52.1. The first-order chi connectivity index (χ1) is 33.4. The minimum absolute atomic E-state index is 0.0564. The van der Waals surface area contributed by atoms with Crippen molar-refractivity contribution >= 4 is 36.0 Å². The van der Waals surface area contributed by atoms with Gasteiger partial charge in [-0.15, -0.1) is 0 Å². The number of pyridine rings is 1. The number of carbonyl (C=O) groups excluding carboxylic acids is 6. The van der Waals surface area contributed by atoms with Gasteiger partial charge in [0.25, 0.3) is 0 Å². The number of carbonyl (C=O) groups is 6. The van der Waals surface area contributed by atoms with Gasteiger partial charge in [0.15, 0.2) is 0 Å². The Labute approximate surface area is 419 Å². The molecule has 1 unspecified atom stereocenters. The molecule has 16 nitrogen and oxygen atoms in total. The highest BCUT2D eigenvalue weighted by atomic mass is 16.6. The minimum atomic E-state index is -1.21. The Balaban J connectivity index is 1.58. The summed E-state index contributed by atoms with van der Waals surface area (Å²) in [5.74, 6) is -1.81. The number of methoxy groups -OCH3 is 1. The van der Waals surface area contributed by atoms with Crippen LogP contribution in [0.3, 0.4) is 0 Å². The fourth-order valence-corrected chi connectivity index (χ4v) is 8.53. The Hall–Kier alpha value is -6.97. The zero-order valence-corrected chi connectivity index (χ0v) is 43.1. The summed E-state index contributed by atoms with van der Waals surface area (Å²) in [6, 6.07) is 27.2. The molecule has 4 N–H and O–H groups in total. The molecule has 6 atom stereocenters. The van der Waals surface area contributed by atoms with E-state index in [1.54, 1.807) is 36.8 Å². The first kappa shape index (κ1) is 55.0. The number of nitrogens with zero attached hydrogens (tertiary/aromatic N) is 3. The van der Waals surface area contributed by atoms with Gasteiger partial charge in [0, 0.05) is 43.9 Å². The number of hydrogen-bond donors (Lipinski definition) is 4. The first-order valence-electron chi connectivity index (χ1n) is 24.2. The summed E-state index contributed by atoms with van der Waals surface area (Å²) in [5, 5.41) is 11.7. The van der Waals surface area contributed by atoms with E-state index in [1.807, 2.05) is 145 Å². The molecule has 16 heteroatoms. The second kappa shape index (κ2) is 24.2. The van der Waals surface area contributed by atoms with Gasteiger partial charge in [-0.05, 0) is 80.2 Å². The number of ether oxygens (including phenoxy) is 3. The molecule has 382 valence electrons. The lowest BCUT2D eigenvalue weighted by Crippen LogP contribution is -2.60. The number of esters is 1. The molecule has 4 aromatic rings. The first-order valence-corrected chi connectivity index (χ1v) is 24.2. The second-order valence-electron chi connectivity index (χ2n) is 21.3. The number of aromatic nitrogens is 1. The summed E-state index contributed by atoms with van der Waals surface area (Å²) >= 11 is 0. The van der Waals surface area contributed by atoms with E-state index in [9.17, 15) is 24.0 Å². The van der Waals surface area contributed by atoms with Gasteiger partial charge < -0.3 is 45.3 Å². The fourth-order valence-electron chi connectivity index (χ4n) is 8.53. The summed E-state index contributed by atoms with van der Waals surface area (Å²) < 4.78 is 16.8. The van der Waals surface area contributed by atoms with Crippen molar-refractivity contribution in [2.45, 2.75) is 137 Å². The van der Waals surface area contributed by atoms with E-state index in [0.29, 0.717) is 19.6 Å². The number of amides is 6. The highest BCUT2D eigenvalue weighted by Gasteiger charge is 2.45. The molecule has 5 rings (SSSR count). The van der Waals surface area contributed by atoms with Gasteiger partial charge >= 0.3 is 24.2 Å². The van der Waals surface area contributed by atoms with E-state index in [1.165, 1.54) is 14.0 Å². The van der Waals surface area contributed by atoms with Crippen LogP contribution in [0.5, 0.6) is 0 Å². The number of hydrogen-bond acceptors (Lipinski definition) is 10. The van der Waals surface area contributed by atoms with Gasteiger partial charge in [0.05, 0.1) is 18.8 Å². The number of benzene rings is 3. The SMILES string of the molecule is COC(=O)N[C@H](C(=O)N[C@@H](Cc1ccc(-c2ccccn2)cc1)C[C@H](OC(=O)C(C)NC(=O)OC(C)(C)C)[C@H](Cc1ccccc1)NC(=O)[C@@H](N1CCN(Cc2ccccc2)C1=O)C(C)(C)C)C(C)(C)C. The molecule has 1 aliphatic heterocycles. The van der Waals surface area contributed by atoms with Crippen molar-refractivity contribution in [3.63, 3.8) is 0 Å². The summed E-state index contributed by atoms with van der Waals surface area (Å²) in [6.07, 6.45) is -0.748. The molecular formula is C55H73N7O9. The van der Waals surface area contributed by atoms with Crippen molar-refractivity contribution < 1.29 is 43.0 Å². The Bertz CT molecular complexity index is 2400. The van der Waals surface area contributed by atoms with Crippen molar-refractivity contribution in [2.75, 3.05) is 20.2 Å². The Morgan fingerprint density at radius 1 is 0.662 bits per heavy atom. The molecule has 0 bridgehead atoms. The molecule has 2 heterocycles. The van der Waals surface area contributed by atoms with Crippen LogP contribution in [0.15, 0.2) is 109 Å². The topological polar surface area (TPSA) is 198 Å². The maximum Gasteiger partial charge on any atom is 0.408 e. The van der Waals surface area contributed by atoms with E-state index < -0.39 is 82.7 Å². The van der Waals surface area contributed by atoms with E-state index in [-0.39, 0.29) is 25.3 Å². The third kappa shape index (κ3) is 16.6. The monoisotopic (exact) mass is 976 g/mol. The van der Waals surface area contributed by atoms with E-state index >= 15 is 4.79 Å². The summed E-state index contributed by atoms with van der Waals surface area (Å²) in [7, 11) is 1.22. The molecular weight excluding hydrogens is 903 g/mol. The van der Waals surface area contributed by atoms with Crippen LogP contribution in [-0.2, 0) is 48.0 Å². The van der Waals surface area contributed by atoms with Crippen LogP contribution in [0.1, 0.15) is 92.3 Å². The Kier molecular flexibility index (Phi) is 18.8. The van der Waals surface area contributed by atoms with E-state index in [4.69, 9.17) is 14.2 Å². The maximum atomic E-state index is 15.2.